The van der Waals surface area contributed by atoms with Crippen molar-refractivity contribution in [2.45, 2.75) is 32.4 Å². The summed E-state index contributed by atoms with van der Waals surface area (Å²) < 4.78 is 25.3. The number of hydrogen-bond donors (Lipinski definition) is 2. The van der Waals surface area contributed by atoms with Crippen molar-refractivity contribution < 1.29 is 18.3 Å². The first-order valence-electron chi connectivity index (χ1n) is 8.82. The second-order valence-electron chi connectivity index (χ2n) is 7.09. The molecule has 0 fully saturated rings. The van der Waals surface area contributed by atoms with Gasteiger partial charge in [-0.25, -0.2) is 8.42 Å². The highest BCUT2D eigenvalue weighted by molar-refractivity contribution is 7.92. The predicted octanol–water partition coefficient (Wildman–Crippen LogP) is 2.17. The third-order valence-corrected chi connectivity index (χ3v) is 6.04. The molecule has 0 aliphatic carbocycles. The number of benzene rings is 2. The number of fused-ring (bicyclic) bond motifs is 1. The topological polar surface area (TPSA) is 86.7 Å². The number of carbonyl (C=O) groups excluding carboxylic acids is 1. The molecule has 27 heavy (non-hydrogen) atoms. The molecule has 2 aromatic rings. The first kappa shape index (κ1) is 19.4. The van der Waals surface area contributed by atoms with Gasteiger partial charge in [-0.2, -0.15) is 0 Å². The van der Waals surface area contributed by atoms with Crippen molar-refractivity contribution in [3.05, 3.63) is 64.7 Å². The molecule has 2 unspecified atom stereocenters. The lowest BCUT2D eigenvalue weighted by molar-refractivity contribution is 0.0916. The van der Waals surface area contributed by atoms with E-state index in [-0.39, 0.29) is 18.5 Å². The molecule has 0 saturated heterocycles. The van der Waals surface area contributed by atoms with Crippen LogP contribution in [0, 0.1) is 6.92 Å². The highest BCUT2D eigenvalue weighted by Crippen LogP contribution is 2.34. The highest BCUT2D eigenvalue weighted by atomic mass is 32.2. The lowest BCUT2D eigenvalue weighted by Crippen LogP contribution is -2.34. The molecule has 7 heteroatoms. The van der Waals surface area contributed by atoms with E-state index in [4.69, 9.17) is 0 Å². The number of sulfonamides is 1. The number of carbonyl (C=O) groups is 1. The third-order valence-electron chi connectivity index (χ3n) is 4.77. The Morgan fingerprint density at radius 1 is 1.26 bits per heavy atom. The van der Waals surface area contributed by atoms with Gasteiger partial charge in [0.05, 0.1) is 18.0 Å². The van der Waals surface area contributed by atoms with Gasteiger partial charge in [0.15, 0.2) is 0 Å². The van der Waals surface area contributed by atoms with E-state index in [0.717, 1.165) is 16.7 Å². The number of anilines is 1. The molecule has 0 aromatic heterocycles. The van der Waals surface area contributed by atoms with E-state index in [9.17, 15) is 18.3 Å². The minimum Gasteiger partial charge on any atom is -0.387 e. The van der Waals surface area contributed by atoms with Crippen LogP contribution < -0.4 is 9.62 Å². The highest BCUT2D eigenvalue weighted by Gasteiger charge is 2.32. The zero-order chi connectivity index (χ0) is 19.8. The largest absolute Gasteiger partial charge is 0.387 e. The molecule has 0 bridgehead atoms. The van der Waals surface area contributed by atoms with E-state index in [0.29, 0.717) is 17.7 Å². The number of amides is 1. The number of nitrogens with zero attached hydrogens (tertiary/aromatic N) is 1. The molecule has 0 saturated carbocycles. The Bertz CT molecular complexity index is 954. The molecule has 3 rings (SSSR count). The van der Waals surface area contributed by atoms with Crippen LogP contribution in [-0.4, -0.2) is 38.3 Å². The molecule has 2 N–H and O–H groups in total. The molecular formula is C20H24N2O4S. The molecule has 1 heterocycles. The molecule has 6 nitrogen and oxygen atoms in total. The van der Waals surface area contributed by atoms with Gasteiger partial charge >= 0.3 is 0 Å². The maximum absolute atomic E-state index is 12.4. The first-order chi connectivity index (χ1) is 12.7. The van der Waals surface area contributed by atoms with E-state index < -0.39 is 16.1 Å². The van der Waals surface area contributed by atoms with Crippen molar-refractivity contribution in [1.29, 1.82) is 0 Å². The van der Waals surface area contributed by atoms with Crippen molar-refractivity contribution in [3.63, 3.8) is 0 Å². The SMILES string of the molecule is Cc1ccc(C(O)CNC(=O)c2ccc3c(c2)CC(C)N3S(C)(=O)=O)cc1. The van der Waals surface area contributed by atoms with Gasteiger partial charge in [0.25, 0.3) is 5.91 Å². The quantitative estimate of drug-likeness (QED) is 0.822. The minimum absolute atomic E-state index is 0.102. The van der Waals surface area contributed by atoms with Gasteiger partial charge in [-0.1, -0.05) is 29.8 Å². The molecule has 1 amide bonds. The Kier molecular flexibility index (Phi) is 5.26. The van der Waals surface area contributed by atoms with Gasteiger partial charge in [-0.05, 0) is 49.6 Å². The molecule has 1 aliphatic heterocycles. The lowest BCUT2D eigenvalue weighted by Gasteiger charge is -2.22. The summed E-state index contributed by atoms with van der Waals surface area (Å²) in [5, 5.41) is 13.0. The summed E-state index contributed by atoms with van der Waals surface area (Å²) in [4.78, 5) is 12.4. The summed E-state index contributed by atoms with van der Waals surface area (Å²) in [5.74, 6) is -0.297. The Labute approximate surface area is 159 Å². The van der Waals surface area contributed by atoms with E-state index >= 15 is 0 Å². The summed E-state index contributed by atoms with van der Waals surface area (Å²) in [6.45, 7) is 3.92. The molecule has 2 atom stereocenters. The molecule has 0 spiro atoms. The average Bonchev–Trinajstić information content (AvgIpc) is 2.94. The fourth-order valence-corrected chi connectivity index (χ4v) is 4.71. The van der Waals surface area contributed by atoms with Crippen molar-refractivity contribution in [2.75, 3.05) is 17.1 Å². The lowest BCUT2D eigenvalue weighted by atomic mass is 10.1. The smallest absolute Gasteiger partial charge is 0.251 e. The Morgan fingerprint density at radius 3 is 2.56 bits per heavy atom. The van der Waals surface area contributed by atoms with Crippen LogP contribution in [0.25, 0.3) is 0 Å². The molecule has 0 radical (unpaired) electrons. The summed E-state index contributed by atoms with van der Waals surface area (Å²) in [5.41, 5.74) is 3.76. The molecule has 1 aliphatic rings. The average molecular weight is 388 g/mol. The van der Waals surface area contributed by atoms with Gasteiger partial charge in [-0.15, -0.1) is 0 Å². The van der Waals surface area contributed by atoms with E-state index in [2.05, 4.69) is 5.32 Å². The van der Waals surface area contributed by atoms with Gasteiger partial charge in [0.1, 0.15) is 0 Å². The van der Waals surface area contributed by atoms with Gasteiger partial charge in [0.2, 0.25) is 10.0 Å². The Balaban J connectivity index is 1.70. The minimum atomic E-state index is -3.35. The zero-order valence-electron chi connectivity index (χ0n) is 15.6. The second kappa shape index (κ2) is 7.32. The van der Waals surface area contributed by atoms with E-state index in [1.807, 2.05) is 38.1 Å². The van der Waals surface area contributed by atoms with Crippen LogP contribution in [0.15, 0.2) is 42.5 Å². The number of hydrogen-bond acceptors (Lipinski definition) is 4. The third kappa shape index (κ3) is 4.14. The number of rotatable bonds is 5. The summed E-state index contributed by atoms with van der Waals surface area (Å²) in [6, 6.07) is 12.3. The van der Waals surface area contributed by atoms with Crippen LogP contribution in [0.5, 0.6) is 0 Å². The predicted molar refractivity (Wildman–Crippen MR) is 105 cm³/mol. The summed E-state index contributed by atoms with van der Waals surface area (Å²) in [7, 11) is -3.35. The van der Waals surface area contributed by atoms with Crippen LogP contribution in [-0.2, 0) is 16.4 Å². The Hall–Kier alpha value is -2.38. The molecule has 144 valence electrons. The number of aliphatic hydroxyl groups is 1. The maximum atomic E-state index is 12.4. The van der Waals surface area contributed by atoms with E-state index in [1.54, 1.807) is 18.2 Å². The van der Waals surface area contributed by atoms with Crippen molar-refractivity contribution in [1.82, 2.24) is 5.32 Å². The Morgan fingerprint density at radius 2 is 1.93 bits per heavy atom. The standard InChI is InChI=1S/C20H24N2O4S/c1-13-4-6-15(7-5-13)19(23)12-21-20(24)16-8-9-18-17(11-16)10-14(2)22(18)27(3,25)26/h4-9,11,14,19,23H,10,12H2,1-3H3,(H,21,24). The van der Waals surface area contributed by atoms with Crippen molar-refractivity contribution >= 4 is 21.6 Å². The fourth-order valence-electron chi connectivity index (χ4n) is 3.45. The first-order valence-corrected chi connectivity index (χ1v) is 10.7. The molecule has 2 aromatic carbocycles. The number of aryl methyl sites for hydroxylation is 1. The fraction of sp³-hybridized carbons (Fsp3) is 0.350. The van der Waals surface area contributed by atoms with E-state index in [1.165, 1.54) is 10.6 Å². The normalized spacial score (nSPS) is 17.5. The number of nitrogens with one attached hydrogen (secondary N) is 1. The van der Waals surface area contributed by atoms with Crippen molar-refractivity contribution in [2.24, 2.45) is 0 Å². The van der Waals surface area contributed by atoms with Crippen LogP contribution in [0.3, 0.4) is 0 Å². The van der Waals surface area contributed by atoms with Crippen LogP contribution in [0.2, 0.25) is 0 Å². The van der Waals surface area contributed by atoms with Crippen LogP contribution in [0.1, 0.15) is 40.1 Å². The van der Waals surface area contributed by atoms with Gasteiger partial charge < -0.3 is 10.4 Å². The monoisotopic (exact) mass is 388 g/mol. The number of aliphatic hydroxyl groups excluding tert-OH is 1. The van der Waals surface area contributed by atoms with Gasteiger partial charge in [-0.3, -0.25) is 9.10 Å². The van der Waals surface area contributed by atoms with Crippen molar-refractivity contribution in [3.8, 4) is 0 Å². The maximum Gasteiger partial charge on any atom is 0.251 e. The van der Waals surface area contributed by atoms with Crippen LogP contribution in [0.4, 0.5) is 5.69 Å². The zero-order valence-corrected chi connectivity index (χ0v) is 16.5. The van der Waals surface area contributed by atoms with Crippen LogP contribution >= 0.6 is 0 Å². The van der Waals surface area contributed by atoms with Gasteiger partial charge in [0, 0.05) is 18.2 Å². The summed E-state index contributed by atoms with van der Waals surface area (Å²) in [6.07, 6.45) is 0.964. The molecular weight excluding hydrogens is 364 g/mol. The summed E-state index contributed by atoms with van der Waals surface area (Å²) >= 11 is 0. The second-order valence-corrected chi connectivity index (χ2v) is 8.95.